The lowest BCUT2D eigenvalue weighted by Gasteiger charge is -2.26. The van der Waals surface area contributed by atoms with Crippen molar-refractivity contribution in [1.29, 1.82) is 0 Å². The van der Waals surface area contributed by atoms with Gasteiger partial charge in [-0.15, -0.1) is 6.58 Å². The van der Waals surface area contributed by atoms with E-state index >= 15 is 0 Å². The van der Waals surface area contributed by atoms with Crippen LogP contribution in [0.4, 0.5) is 0 Å². The molecule has 0 bridgehead atoms. The van der Waals surface area contributed by atoms with Gasteiger partial charge in [-0.3, -0.25) is 0 Å². The molecule has 1 N–H and O–H groups in total. The Kier molecular flexibility index (Phi) is 6.97. The molecule has 0 aromatic carbocycles. The van der Waals surface area contributed by atoms with Crippen LogP contribution in [0.1, 0.15) is 58.8 Å². The van der Waals surface area contributed by atoms with E-state index in [-0.39, 0.29) is 0 Å². The Hall–Kier alpha value is -0.300. The van der Waals surface area contributed by atoms with Gasteiger partial charge in [0.15, 0.2) is 0 Å². The quantitative estimate of drug-likeness (QED) is 0.571. The molecule has 13 heavy (non-hydrogen) atoms. The van der Waals surface area contributed by atoms with E-state index in [0.717, 1.165) is 44.9 Å². The molecule has 0 spiro atoms. The fourth-order valence-corrected chi connectivity index (χ4v) is 1.61. The summed E-state index contributed by atoms with van der Waals surface area (Å²) in [4.78, 5) is 0. The van der Waals surface area contributed by atoms with Crippen LogP contribution in [0.2, 0.25) is 0 Å². The lowest BCUT2D eigenvalue weighted by atomic mass is 9.88. The van der Waals surface area contributed by atoms with Gasteiger partial charge in [-0.25, -0.2) is 0 Å². The molecule has 0 amide bonds. The van der Waals surface area contributed by atoms with Gasteiger partial charge in [0.2, 0.25) is 0 Å². The SMILES string of the molecule is C=CCC(O)(CCCC)CCCC. The van der Waals surface area contributed by atoms with Crippen LogP contribution in [0, 0.1) is 0 Å². The molecule has 0 aliphatic heterocycles. The summed E-state index contributed by atoms with van der Waals surface area (Å²) < 4.78 is 0. The Labute approximate surface area is 82.9 Å². The van der Waals surface area contributed by atoms with E-state index < -0.39 is 5.60 Å². The molecule has 0 saturated carbocycles. The van der Waals surface area contributed by atoms with Gasteiger partial charge in [0.05, 0.1) is 5.60 Å². The summed E-state index contributed by atoms with van der Waals surface area (Å²) in [6.07, 6.45) is 8.99. The third-order valence-electron chi connectivity index (χ3n) is 2.52. The fourth-order valence-electron chi connectivity index (χ4n) is 1.61. The van der Waals surface area contributed by atoms with E-state index in [1.807, 2.05) is 6.08 Å². The highest BCUT2D eigenvalue weighted by Crippen LogP contribution is 2.25. The maximum Gasteiger partial charge on any atom is 0.0682 e. The van der Waals surface area contributed by atoms with Crippen molar-refractivity contribution in [3.8, 4) is 0 Å². The van der Waals surface area contributed by atoms with E-state index in [1.54, 1.807) is 0 Å². The van der Waals surface area contributed by atoms with Crippen molar-refractivity contribution in [2.75, 3.05) is 0 Å². The van der Waals surface area contributed by atoms with Gasteiger partial charge in [0.1, 0.15) is 0 Å². The summed E-state index contributed by atoms with van der Waals surface area (Å²) in [6, 6.07) is 0. The molecule has 0 radical (unpaired) electrons. The number of hydrogen-bond donors (Lipinski definition) is 1. The molecule has 78 valence electrons. The second-order valence-corrected chi connectivity index (χ2v) is 3.92. The molecule has 1 heteroatoms. The highest BCUT2D eigenvalue weighted by molar-refractivity contribution is 4.86. The lowest BCUT2D eigenvalue weighted by Crippen LogP contribution is -2.27. The van der Waals surface area contributed by atoms with E-state index in [2.05, 4.69) is 20.4 Å². The summed E-state index contributed by atoms with van der Waals surface area (Å²) >= 11 is 0. The van der Waals surface area contributed by atoms with Gasteiger partial charge in [-0.2, -0.15) is 0 Å². The molecule has 0 atom stereocenters. The first-order valence-corrected chi connectivity index (χ1v) is 5.51. The van der Waals surface area contributed by atoms with Gasteiger partial charge in [0.25, 0.3) is 0 Å². The van der Waals surface area contributed by atoms with Gasteiger partial charge in [-0.05, 0) is 19.3 Å². The van der Waals surface area contributed by atoms with Crippen molar-refractivity contribution < 1.29 is 5.11 Å². The van der Waals surface area contributed by atoms with Crippen LogP contribution < -0.4 is 0 Å². The molecule has 0 aliphatic carbocycles. The maximum absolute atomic E-state index is 10.2. The maximum atomic E-state index is 10.2. The lowest BCUT2D eigenvalue weighted by molar-refractivity contribution is 0.0215. The molecule has 0 heterocycles. The Morgan fingerprint density at radius 3 is 1.92 bits per heavy atom. The van der Waals surface area contributed by atoms with Crippen molar-refractivity contribution >= 4 is 0 Å². The van der Waals surface area contributed by atoms with Crippen LogP contribution in [-0.2, 0) is 0 Å². The average molecular weight is 184 g/mol. The van der Waals surface area contributed by atoms with Crippen LogP contribution in [0.5, 0.6) is 0 Å². The molecule has 0 saturated heterocycles. The summed E-state index contributed by atoms with van der Waals surface area (Å²) in [5, 5.41) is 10.2. The largest absolute Gasteiger partial charge is 0.390 e. The molecule has 0 aromatic rings. The minimum absolute atomic E-state index is 0.465. The van der Waals surface area contributed by atoms with Crippen LogP contribution in [0.25, 0.3) is 0 Å². The normalized spacial score (nSPS) is 11.6. The molecule has 0 aromatic heterocycles. The number of rotatable bonds is 8. The van der Waals surface area contributed by atoms with E-state index in [4.69, 9.17) is 0 Å². The summed E-state index contributed by atoms with van der Waals surface area (Å²) in [5.41, 5.74) is -0.465. The second kappa shape index (κ2) is 7.14. The predicted octanol–water partition coefficient (Wildman–Crippen LogP) is 3.67. The molecule has 0 aliphatic rings. The first-order valence-electron chi connectivity index (χ1n) is 5.51. The smallest absolute Gasteiger partial charge is 0.0682 e. The highest BCUT2D eigenvalue weighted by atomic mass is 16.3. The Bertz CT molecular complexity index is 121. The third kappa shape index (κ3) is 5.87. The van der Waals surface area contributed by atoms with Gasteiger partial charge in [0, 0.05) is 0 Å². The molecular formula is C12H24O. The monoisotopic (exact) mass is 184 g/mol. The predicted molar refractivity (Wildman–Crippen MR) is 58.8 cm³/mol. The van der Waals surface area contributed by atoms with Crippen LogP contribution in [-0.4, -0.2) is 10.7 Å². The van der Waals surface area contributed by atoms with Crippen molar-refractivity contribution in [2.24, 2.45) is 0 Å². The zero-order valence-electron chi connectivity index (χ0n) is 9.18. The summed E-state index contributed by atoms with van der Waals surface area (Å²) in [6.45, 7) is 8.02. The van der Waals surface area contributed by atoms with Crippen molar-refractivity contribution in [1.82, 2.24) is 0 Å². The summed E-state index contributed by atoms with van der Waals surface area (Å²) in [7, 11) is 0. The second-order valence-electron chi connectivity index (χ2n) is 3.92. The zero-order chi connectivity index (χ0) is 10.2. The minimum atomic E-state index is -0.465. The Morgan fingerprint density at radius 2 is 1.62 bits per heavy atom. The Morgan fingerprint density at radius 1 is 1.15 bits per heavy atom. The molecule has 0 fully saturated rings. The van der Waals surface area contributed by atoms with E-state index in [1.165, 1.54) is 0 Å². The van der Waals surface area contributed by atoms with Crippen LogP contribution in [0.3, 0.4) is 0 Å². The standard InChI is InChI=1S/C12H24O/c1-4-7-10-12(13,9-6-3)11-8-5-2/h6,13H,3-5,7-11H2,1-2H3. The van der Waals surface area contributed by atoms with Gasteiger partial charge < -0.3 is 5.11 Å². The number of aliphatic hydroxyl groups is 1. The van der Waals surface area contributed by atoms with E-state index in [9.17, 15) is 5.11 Å². The third-order valence-corrected chi connectivity index (χ3v) is 2.52. The first-order chi connectivity index (χ1) is 6.18. The first kappa shape index (κ1) is 12.7. The molecule has 1 nitrogen and oxygen atoms in total. The number of unbranched alkanes of at least 4 members (excludes halogenated alkanes) is 2. The zero-order valence-corrected chi connectivity index (χ0v) is 9.18. The minimum Gasteiger partial charge on any atom is -0.390 e. The van der Waals surface area contributed by atoms with Crippen LogP contribution in [0.15, 0.2) is 12.7 Å². The Balaban J connectivity index is 3.90. The van der Waals surface area contributed by atoms with E-state index in [0.29, 0.717) is 0 Å². The molecular weight excluding hydrogens is 160 g/mol. The topological polar surface area (TPSA) is 20.2 Å². The van der Waals surface area contributed by atoms with Crippen molar-refractivity contribution in [2.45, 2.75) is 64.4 Å². The van der Waals surface area contributed by atoms with Crippen LogP contribution >= 0.6 is 0 Å². The van der Waals surface area contributed by atoms with Crippen molar-refractivity contribution in [3.05, 3.63) is 12.7 Å². The molecule has 0 rings (SSSR count). The molecule has 0 unspecified atom stereocenters. The van der Waals surface area contributed by atoms with Gasteiger partial charge in [-0.1, -0.05) is 45.6 Å². The van der Waals surface area contributed by atoms with Crippen molar-refractivity contribution in [3.63, 3.8) is 0 Å². The number of hydrogen-bond acceptors (Lipinski definition) is 1. The van der Waals surface area contributed by atoms with Gasteiger partial charge >= 0.3 is 0 Å². The summed E-state index contributed by atoms with van der Waals surface area (Å²) in [5.74, 6) is 0. The average Bonchev–Trinajstić information content (AvgIpc) is 2.12. The fraction of sp³-hybridized carbons (Fsp3) is 0.833. The highest BCUT2D eigenvalue weighted by Gasteiger charge is 2.23.